The van der Waals surface area contributed by atoms with E-state index in [4.69, 9.17) is 0 Å². The molecular formula is C23H29N5O2. The van der Waals surface area contributed by atoms with Crippen molar-refractivity contribution < 1.29 is 9.59 Å². The van der Waals surface area contributed by atoms with E-state index in [0.29, 0.717) is 29.2 Å². The first-order chi connectivity index (χ1) is 14.4. The predicted molar refractivity (Wildman–Crippen MR) is 119 cm³/mol. The molecule has 0 spiro atoms. The van der Waals surface area contributed by atoms with Crippen LogP contribution in [0.5, 0.6) is 0 Å². The minimum absolute atomic E-state index is 0.117. The third kappa shape index (κ3) is 4.68. The molecule has 0 aliphatic heterocycles. The van der Waals surface area contributed by atoms with E-state index in [1.165, 1.54) is 0 Å². The normalized spacial score (nSPS) is 11.1. The standard InChI is InChI=1S/C23H29N5O2/c1-5-27(6-2)15-13-24-22(29)18-9-11-19(12-10-18)26-23(30)20-17(4)25-21-16(3)8-7-14-28(20)21/h7-12,14H,5-6,13,15H2,1-4H3,(H,24,29)(H,26,30). The molecule has 1 aromatic carbocycles. The molecule has 7 heteroatoms. The first-order valence-corrected chi connectivity index (χ1v) is 10.3. The van der Waals surface area contributed by atoms with E-state index in [0.717, 1.165) is 30.8 Å². The van der Waals surface area contributed by atoms with Gasteiger partial charge in [-0.1, -0.05) is 19.9 Å². The first-order valence-electron chi connectivity index (χ1n) is 10.3. The van der Waals surface area contributed by atoms with Crippen molar-refractivity contribution in [2.45, 2.75) is 27.7 Å². The SMILES string of the molecule is CCN(CC)CCNC(=O)c1ccc(NC(=O)c2c(C)nc3c(C)cccn23)cc1. The van der Waals surface area contributed by atoms with Crippen molar-refractivity contribution in [2.75, 3.05) is 31.5 Å². The number of hydrogen-bond donors (Lipinski definition) is 2. The first kappa shape index (κ1) is 21.5. The molecule has 3 rings (SSSR count). The number of amides is 2. The topological polar surface area (TPSA) is 78.7 Å². The van der Waals surface area contributed by atoms with Crippen molar-refractivity contribution in [2.24, 2.45) is 0 Å². The maximum Gasteiger partial charge on any atom is 0.274 e. The third-order valence-corrected chi connectivity index (χ3v) is 5.25. The molecule has 2 aromatic heterocycles. The van der Waals surface area contributed by atoms with Gasteiger partial charge in [-0.3, -0.25) is 14.0 Å². The van der Waals surface area contributed by atoms with Gasteiger partial charge in [0.15, 0.2) is 0 Å². The largest absolute Gasteiger partial charge is 0.351 e. The second kappa shape index (κ2) is 9.54. The van der Waals surface area contributed by atoms with Crippen molar-refractivity contribution in [3.63, 3.8) is 0 Å². The number of anilines is 1. The number of carbonyl (C=O) groups excluding carboxylic acids is 2. The van der Waals surface area contributed by atoms with Gasteiger partial charge in [0.05, 0.1) is 5.69 Å². The van der Waals surface area contributed by atoms with Gasteiger partial charge in [-0.25, -0.2) is 4.98 Å². The van der Waals surface area contributed by atoms with Crippen molar-refractivity contribution in [3.8, 4) is 0 Å². The number of hydrogen-bond acceptors (Lipinski definition) is 4. The molecule has 0 fully saturated rings. The Kier molecular flexibility index (Phi) is 6.84. The van der Waals surface area contributed by atoms with Gasteiger partial charge in [-0.2, -0.15) is 0 Å². The number of benzene rings is 1. The zero-order chi connectivity index (χ0) is 21.7. The van der Waals surface area contributed by atoms with Crippen LogP contribution in [-0.2, 0) is 0 Å². The molecule has 2 amide bonds. The van der Waals surface area contributed by atoms with Crippen LogP contribution in [0.25, 0.3) is 5.65 Å². The summed E-state index contributed by atoms with van der Waals surface area (Å²) in [6.07, 6.45) is 1.84. The van der Waals surface area contributed by atoms with E-state index >= 15 is 0 Å². The molecule has 3 aromatic rings. The van der Waals surface area contributed by atoms with Crippen molar-refractivity contribution in [3.05, 3.63) is 65.1 Å². The Labute approximate surface area is 177 Å². The van der Waals surface area contributed by atoms with Crippen LogP contribution in [-0.4, -0.2) is 52.3 Å². The number of aryl methyl sites for hydroxylation is 2. The summed E-state index contributed by atoms with van der Waals surface area (Å²) >= 11 is 0. The van der Waals surface area contributed by atoms with Gasteiger partial charge in [0, 0.05) is 30.5 Å². The summed E-state index contributed by atoms with van der Waals surface area (Å²) in [5.41, 5.74) is 4.15. The molecule has 0 bridgehead atoms. The number of pyridine rings is 1. The van der Waals surface area contributed by atoms with E-state index in [2.05, 4.69) is 34.4 Å². The number of fused-ring (bicyclic) bond motifs is 1. The molecule has 0 aliphatic rings. The summed E-state index contributed by atoms with van der Waals surface area (Å²) in [5, 5.41) is 5.83. The van der Waals surface area contributed by atoms with Gasteiger partial charge in [0.2, 0.25) is 0 Å². The number of rotatable bonds is 8. The molecule has 7 nitrogen and oxygen atoms in total. The summed E-state index contributed by atoms with van der Waals surface area (Å²) in [7, 11) is 0. The quantitative estimate of drug-likeness (QED) is 0.601. The molecule has 0 unspecified atom stereocenters. The highest BCUT2D eigenvalue weighted by Crippen LogP contribution is 2.17. The molecule has 0 radical (unpaired) electrons. The summed E-state index contributed by atoms with van der Waals surface area (Å²) in [5.74, 6) is -0.352. The molecule has 0 aliphatic carbocycles. The smallest absolute Gasteiger partial charge is 0.274 e. The van der Waals surface area contributed by atoms with Gasteiger partial charge >= 0.3 is 0 Å². The van der Waals surface area contributed by atoms with Crippen LogP contribution < -0.4 is 10.6 Å². The Morgan fingerprint density at radius 1 is 1.03 bits per heavy atom. The summed E-state index contributed by atoms with van der Waals surface area (Å²) < 4.78 is 1.80. The molecular weight excluding hydrogens is 378 g/mol. The molecule has 2 N–H and O–H groups in total. The lowest BCUT2D eigenvalue weighted by atomic mass is 10.2. The fraction of sp³-hybridized carbons (Fsp3) is 0.348. The van der Waals surface area contributed by atoms with E-state index in [-0.39, 0.29) is 11.8 Å². The summed E-state index contributed by atoms with van der Waals surface area (Å²) in [6.45, 7) is 11.4. The second-order valence-electron chi connectivity index (χ2n) is 7.24. The van der Waals surface area contributed by atoms with Gasteiger partial charge in [0.25, 0.3) is 11.8 Å². The van der Waals surface area contributed by atoms with Crippen LogP contribution >= 0.6 is 0 Å². The molecule has 0 saturated carbocycles. The zero-order valence-corrected chi connectivity index (χ0v) is 18.0. The van der Waals surface area contributed by atoms with Crippen LogP contribution in [0.1, 0.15) is 46.0 Å². The molecule has 0 atom stereocenters. The third-order valence-electron chi connectivity index (χ3n) is 5.25. The fourth-order valence-corrected chi connectivity index (χ4v) is 3.46. The zero-order valence-electron chi connectivity index (χ0n) is 18.0. The lowest BCUT2D eigenvalue weighted by molar-refractivity contribution is 0.0948. The Morgan fingerprint density at radius 2 is 1.73 bits per heavy atom. The van der Waals surface area contributed by atoms with Crippen LogP contribution in [0.2, 0.25) is 0 Å². The minimum Gasteiger partial charge on any atom is -0.351 e. The predicted octanol–water partition coefficient (Wildman–Crippen LogP) is 3.28. The second-order valence-corrected chi connectivity index (χ2v) is 7.24. The molecule has 2 heterocycles. The highest BCUT2D eigenvalue weighted by atomic mass is 16.2. The number of aromatic nitrogens is 2. The highest BCUT2D eigenvalue weighted by Gasteiger charge is 2.17. The number of imidazole rings is 1. The van der Waals surface area contributed by atoms with Crippen LogP contribution in [0.15, 0.2) is 42.6 Å². The number of carbonyl (C=O) groups is 2. The monoisotopic (exact) mass is 407 g/mol. The maximum absolute atomic E-state index is 12.8. The number of likely N-dealkylation sites (N-methyl/N-ethyl adjacent to an activating group) is 1. The lowest BCUT2D eigenvalue weighted by Crippen LogP contribution is -2.34. The summed E-state index contributed by atoms with van der Waals surface area (Å²) in [6, 6.07) is 10.8. The van der Waals surface area contributed by atoms with Crippen molar-refractivity contribution >= 4 is 23.1 Å². The van der Waals surface area contributed by atoms with Gasteiger partial charge in [-0.05, 0) is 62.8 Å². The Morgan fingerprint density at radius 3 is 2.40 bits per heavy atom. The molecule has 30 heavy (non-hydrogen) atoms. The van der Waals surface area contributed by atoms with Gasteiger partial charge < -0.3 is 15.5 Å². The Hall–Kier alpha value is -3.19. The van der Waals surface area contributed by atoms with E-state index in [9.17, 15) is 9.59 Å². The van der Waals surface area contributed by atoms with E-state index < -0.39 is 0 Å². The van der Waals surface area contributed by atoms with Gasteiger partial charge in [0.1, 0.15) is 11.3 Å². The van der Waals surface area contributed by atoms with E-state index in [1.807, 2.05) is 32.2 Å². The van der Waals surface area contributed by atoms with Crippen LogP contribution in [0.3, 0.4) is 0 Å². The highest BCUT2D eigenvalue weighted by molar-refractivity contribution is 6.04. The molecule has 158 valence electrons. The number of nitrogens with zero attached hydrogens (tertiary/aromatic N) is 3. The minimum atomic E-state index is -0.234. The maximum atomic E-state index is 12.8. The Bertz CT molecular complexity index is 1040. The fourth-order valence-electron chi connectivity index (χ4n) is 3.46. The van der Waals surface area contributed by atoms with Crippen molar-refractivity contribution in [1.29, 1.82) is 0 Å². The molecule has 0 saturated heterocycles. The van der Waals surface area contributed by atoms with E-state index in [1.54, 1.807) is 28.7 Å². The lowest BCUT2D eigenvalue weighted by Gasteiger charge is -2.18. The van der Waals surface area contributed by atoms with Crippen molar-refractivity contribution in [1.82, 2.24) is 19.6 Å². The number of nitrogens with one attached hydrogen (secondary N) is 2. The summed E-state index contributed by atoms with van der Waals surface area (Å²) in [4.78, 5) is 31.9. The van der Waals surface area contributed by atoms with Crippen LogP contribution in [0, 0.1) is 13.8 Å². The Balaban J connectivity index is 1.65. The van der Waals surface area contributed by atoms with Crippen LogP contribution in [0.4, 0.5) is 5.69 Å². The average Bonchev–Trinajstić information content (AvgIpc) is 3.09. The average molecular weight is 408 g/mol. The van der Waals surface area contributed by atoms with Gasteiger partial charge in [-0.15, -0.1) is 0 Å².